The van der Waals surface area contributed by atoms with Crippen molar-refractivity contribution in [3.63, 3.8) is 0 Å². The molecule has 0 aliphatic heterocycles. The lowest BCUT2D eigenvalue weighted by atomic mass is 9.90. The standard InChI is InChI=1S/C17H22N2O5/c1-11(2)17(3,10-18)19-15(20)9-24-16(21)13-7-6-12(22-4)8-14(13)23-5/h6-8,11H,9H2,1-5H3,(H,19,20)/t17-/m0/s1. The average molecular weight is 334 g/mol. The fourth-order valence-corrected chi connectivity index (χ4v) is 1.80. The van der Waals surface area contributed by atoms with Gasteiger partial charge in [-0.1, -0.05) is 13.8 Å². The summed E-state index contributed by atoms with van der Waals surface area (Å²) >= 11 is 0. The van der Waals surface area contributed by atoms with Gasteiger partial charge in [0.05, 0.1) is 20.3 Å². The van der Waals surface area contributed by atoms with Crippen LogP contribution in [0.2, 0.25) is 0 Å². The molecule has 0 saturated heterocycles. The maximum absolute atomic E-state index is 12.1. The summed E-state index contributed by atoms with van der Waals surface area (Å²) in [6, 6.07) is 6.68. The highest BCUT2D eigenvalue weighted by Crippen LogP contribution is 2.25. The average Bonchev–Trinajstić information content (AvgIpc) is 2.58. The first-order valence-electron chi connectivity index (χ1n) is 7.38. The van der Waals surface area contributed by atoms with Crippen LogP contribution in [-0.4, -0.2) is 38.2 Å². The van der Waals surface area contributed by atoms with E-state index in [2.05, 4.69) is 11.4 Å². The lowest BCUT2D eigenvalue weighted by Gasteiger charge is -2.27. The van der Waals surface area contributed by atoms with Gasteiger partial charge in [-0.05, 0) is 25.0 Å². The predicted octanol–water partition coefficient (Wildman–Crippen LogP) is 1.92. The third-order valence-corrected chi connectivity index (χ3v) is 3.75. The molecule has 24 heavy (non-hydrogen) atoms. The van der Waals surface area contributed by atoms with Crippen LogP contribution in [-0.2, 0) is 9.53 Å². The van der Waals surface area contributed by atoms with E-state index in [0.29, 0.717) is 5.75 Å². The Morgan fingerprint density at radius 3 is 2.46 bits per heavy atom. The minimum absolute atomic E-state index is 0.0937. The number of nitrogens with one attached hydrogen (secondary N) is 1. The second-order valence-electron chi connectivity index (χ2n) is 5.66. The van der Waals surface area contributed by atoms with Gasteiger partial charge in [-0.25, -0.2) is 4.79 Å². The van der Waals surface area contributed by atoms with Crippen LogP contribution in [0.1, 0.15) is 31.1 Å². The van der Waals surface area contributed by atoms with Crippen molar-refractivity contribution in [1.29, 1.82) is 5.26 Å². The summed E-state index contributed by atoms with van der Waals surface area (Å²) in [5.41, 5.74) is -0.848. The summed E-state index contributed by atoms with van der Waals surface area (Å²) in [6.07, 6.45) is 0. The fourth-order valence-electron chi connectivity index (χ4n) is 1.80. The van der Waals surface area contributed by atoms with Crippen LogP contribution >= 0.6 is 0 Å². The molecule has 0 aliphatic carbocycles. The Morgan fingerprint density at radius 2 is 1.96 bits per heavy atom. The first-order valence-corrected chi connectivity index (χ1v) is 7.38. The largest absolute Gasteiger partial charge is 0.497 e. The summed E-state index contributed by atoms with van der Waals surface area (Å²) in [6.45, 7) is 4.76. The monoisotopic (exact) mass is 334 g/mol. The second-order valence-corrected chi connectivity index (χ2v) is 5.66. The fraction of sp³-hybridized carbons (Fsp3) is 0.471. The van der Waals surface area contributed by atoms with Crippen molar-refractivity contribution in [3.05, 3.63) is 23.8 Å². The number of carbonyl (C=O) groups excluding carboxylic acids is 2. The van der Waals surface area contributed by atoms with Gasteiger partial charge in [0, 0.05) is 6.07 Å². The van der Waals surface area contributed by atoms with Crippen molar-refractivity contribution < 1.29 is 23.8 Å². The second kappa shape index (κ2) is 8.20. The summed E-state index contributed by atoms with van der Waals surface area (Å²) < 4.78 is 15.2. The lowest BCUT2D eigenvalue weighted by Crippen LogP contribution is -2.50. The molecule has 0 radical (unpaired) electrons. The van der Waals surface area contributed by atoms with Gasteiger partial charge < -0.3 is 19.5 Å². The highest BCUT2D eigenvalue weighted by molar-refractivity contribution is 5.94. The first kappa shape index (κ1) is 19.3. The molecule has 1 N–H and O–H groups in total. The van der Waals surface area contributed by atoms with Crippen LogP contribution in [0.15, 0.2) is 18.2 Å². The Kier molecular flexibility index (Phi) is 6.59. The van der Waals surface area contributed by atoms with E-state index < -0.39 is 24.0 Å². The highest BCUT2D eigenvalue weighted by atomic mass is 16.5. The van der Waals surface area contributed by atoms with Crippen LogP contribution in [0.3, 0.4) is 0 Å². The zero-order valence-electron chi connectivity index (χ0n) is 14.5. The highest BCUT2D eigenvalue weighted by Gasteiger charge is 2.30. The molecule has 1 rings (SSSR count). The molecule has 0 unspecified atom stereocenters. The molecule has 130 valence electrons. The minimum atomic E-state index is -1.03. The maximum atomic E-state index is 12.1. The topological polar surface area (TPSA) is 97.6 Å². The normalized spacial score (nSPS) is 12.7. The number of nitrogens with zero attached hydrogens (tertiary/aromatic N) is 1. The number of methoxy groups -OCH3 is 2. The van der Waals surface area contributed by atoms with Gasteiger partial charge in [0.25, 0.3) is 5.91 Å². The van der Waals surface area contributed by atoms with E-state index in [1.165, 1.54) is 20.3 Å². The number of amides is 1. The molecule has 0 fully saturated rings. The zero-order valence-corrected chi connectivity index (χ0v) is 14.5. The number of hydrogen-bond acceptors (Lipinski definition) is 6. The van der Waals surface area contributed by atoms with Crippen molar-refractivity contribution in [2.45, 2.75) is 26.3 Å². The van der Waals surface area contributed by atoms with Crippen LogP contribution in [0.25, 0.3) is 0 Å². The van der Waals surface area contributed by atoms with E-state index in [0.717, 1.165) is 0 Å². The number of esters is 1. The summed E-state index contributed by atoms with van der Waals surface area (Å²) in [5, 5.41) is 11.7. The molecule has 0 spiro atoms. The van der Waals surface area contributed by atoms with E-state index in [4.69, 9.17) is 14.2 Å². The molecule has 0 aromatic heterocycles. The van der Waals surface area contributed by atoms with Crippen molar-refractivity contribution in [2.24, 2.45) is 5.92 Å². The van der Waals surface area contributed by atoms with Gasteiger partial charge in [0.2, 0.25) is 0 Å². The molecular formula is C17H22N2O5. The van der Waals surface area contributed by atoms with E-state index in [9.17, 15) is 14.9 Å². The van der Waals surface area contributed by atoms with Crippen molar-refractivity contribution in [2.75, 3.05) is 20.8 Å². The zero-order chi connectivity index (χ0) is 18.3. The molecule has 1 aromatic carbocycles. The Labute approximate surface area is 141 Å². The van der Waals surface area contributed by atoms with E-state index in [1.54, 1.807) is 19.1 Å². The predicted molar refractivity (Wildman–Crippen MR) is 86.8 cm³/mol. The first-order chi connectivity index (χ1) is 11.3. The van der Waals surface area contributed by atoms with Crippen molar-refractivity contribution in [1.82, 2.24) is 5.32 Å². The lowest BCUT2D eigenvalue weighted by molar-refractivity contribution is -0.125. The van der Waals surface area contributed by atoms with E-state index in [-0.39, 0.29) is 17.2 Å². The van der Waals surface area contributed by atoms with Gasteiger partial charge in [-0.15, -0.1) is 0 Å². The SMILES string of the molecule is COc1ccc(C(=O)OCC(=O)N[C@@](C)(C#N)C(C)C)c(OC)c1. The number of benzene rings is 1. The maximum Gasteiger partial charge on any atom is 0.342 e. The molecule has 0 bridgehead atoms. The molecule has 7 heteroatoms. The van der Waals surface area contributed by atoms with Crippen LogP contribution < -0.4 is 14.8 Å². The van der Waals surface area contributed by atoms with Crippen LogP contribution in [0.4, 0.5) is 0 Å². The van der Waals surface area contributed by atoms with E-state index >= 15 is 0 Å². The van der Waals surface area contributed by atoms with Gasteiger partial charge in [-0.2, -0.15) is 5.26 Å². The molecular weight excluding hydrogens is 312 g/mol. The van der Waals surface area contributed by atoms with Gasteiger partial charge in [0.1, 0.15) is 22.6 Å². The molecule has 1 amide bonds. The van der Waals surface area contributed by atoms with Gasteiger partial charge in [0.15, 0.2) is 6.61 Å². The van der Waals surface area contributed by atoms with Gasteiger partial charge in [-0.3, -0.25) is 4.79 Å². The molecule has 7 nitrogen and oxygen atoms in total. The number of nitriles is 1. The Hall–Kier alpha value is -2.75. The quantitative estimate of drug-likeness (QED) is 0.765. The summed E-state index contributed by atoms with van der Waals surface area (Å²) in [5.74, 6) is -0.531. The minimum Gasteiger partial charge on any atom is -0.497 e. The molecule has 0 aliphatic rings. The number of carbonyl (C=O) groups is 2. The van der Waals surface area contributed by atoms with Crippen LogP contribution in [0, 0.1) is 17.2 Å². The Balaban J connectivity index is 2.73. The molecule has 1 aromatic rings. The van der Waals surface area contributed by atoms with Crippen molar-refractivity contribution >= 4 is 11.9 Å². The Bertz CT molecular complexity index is 651. The molecule has 0 heterocycles. The molecule has 0 saturated carbocycles. The van der Waals surface area contributed by atoms with E-state index in [1.807, 2.05) is 13.8 Å². The third-order valence-electron chi connectivity index (χ3n) is 3.75. The third kappa shape index (κ3) is 4.62. The number of hydrogen-bond donors (Lipinski definition) is 1. The van der Waals surface area contributed by atoms with Crippen molar-refractivity contribution in [3.8, 4) is 17.6 Å². The number of rotatable bonds is 7. The summed E-state index contributed by atoms with van der Waals surface area (Å²) in [4.78, 5) is 24.0. The Morgan fingerprint density at radius 1 is 1.29 bits per heavy atom. The van der Waals surface area contributed by atoms with Gasteiger partial charge >= 0.3 is 5.97 Å². The molecule has 1 atom stereocenters. The summed E-state index contributed by atoms with van der Waals surface area (Å²) in [7, 11) is 2.91. The van der Waals surface area contributed by atoms with Crippen LogP contribution in [0.5, 0.6) is 11.5 Å². The smallest absolute Gasteiger partial charge is 0.342 e. The number of ether oxygens (including phenoxy) is 3.